The number of rotatable bonds is 3. The maximum atomic E-state index is 13.6. The van der Waals surface area contributed by atoms with Crippen LogP contribution in [0, 0.1) is 5.82 Å². The number of aromatic amines is 1. The van der Waals surface area contributed by atoms with E-state index in [0.29, 0.717) is 0 Å². The molecule has 1 unspecified atom stereocenters. The number of pyridine rings is 1. The smallest absolute Gasteiger partial charge is 0.123 e. The van der Waals surface area contributed by atoms with Crippen LogP contribution < -0.4 is 0 Å². The molecule has 5 rings (SSSR count). The van der Waals surface area contributed by atoms with Crippen LogP contribution in [0.4, 0.5) is 4.39 Å². The molecule has 2 aromatic heterocycles. The van der Waals surface area contributed by atoms with Crippen LogP contribution in [0.3, 0.4) is 0 Å². The van der Waals surface area contributed by atoms with E-state index in [2.05, 4.69) is 39.5 Å². The minimum atomic E-state index is -0.374. The van der Waals surface area contributed by atoms with Gasteiger partial charge in [0.25, 0.3) is 0 Å². The number of aromatic nitrogens is 3. The largest absolute Gasteiger partial charge is 0.281 e. The van der Waals surface area contributed by atoms with Crippen molar-refractivity contribution in [2.24, 2.45) is 0 Å². The van der Waals surface area contributed by atoms with Crippen LogP contribution in [0.25, 0.3) is 17.3 Å². The summed E-state index contributed by atoms with van der Waals surface area (Å²) in [5, 5.41) is 7.79. The predicted octanol–water partition coefficient (Wildman–Crippen LogP) is 5.17. The van der Waals surface area contributed by atoms with Gasteiger partial charge in [-0.1, -0.05) is 54.6 Å². The van der Waals surface area contributed by atoms with Crippen molar-refractivity contribution in [1.29, 1.82) is 0 Å². The van der Waals surface area contributed by atoms with E-state index >= 15 is 0 Å². The fourth-order valence-corrected chi connectivity index (χ4v) is 4.03. The monoisotopic (exact) mass is 367 g/mol. The Morgan fingerprint density at radius 1 is 0.893 bits per heavy atom. The van der Waals surface area contributed by atoms with Crippen molar-refractivity contribution in [3.05, 3.63) is 113 Å². The second kappa shape index (κ2) is 6.57. The quantitative estimate of drug-likeness (QED) is 0.543. The van der Waals surface area contributed by atoms with Crippen LogP contribution in [-0.4, -0.2) is 15.2 Å². The summed E-state index contributed by atoms with van der Waals surface area (Å²) in [5.74, 6) is -0.229. The highest BCUT2D eigenvalue weighted by Gasteiger charge is 2.36. The molecule has 1 atom stereocenters. The Bertz CT molecular complexity index is 1130. The number of hydrogen-bond acceptors (Lipinski definition) is 2. The summed E-state index contributed by atoms with van der Waals surface area (Å²) in [6, 6.07) is 21.0. The molecule has 0 fully saturated rings. The van der Waals surface area contributed by atoms with Gasteiger partial charge in [-0.3, -0.25) is 10.1 Å². The first-order valence-corrected chi connectivity index (χ1v) is 9.25. The SMILES string of the molecule is Fc1ccc(C2(c3ccccc3)C=Cc3c(-c4cccnc4)n[nH]c3C2)cc1. The van der Waals surface area contributed by atoms with Gasteiger partial charge >= 0.3 is 0 Å². The average molecular weight is 367 g/mol. The summed E-state index contributed by atoms with van der Waals surface area (Å²) in [6.07, 6.45) is 8.65. The van der Waals surface area contributed by atoms with Gasteiger partial charge < -0.3 is 0 Å². The van der Waals surface area contributed by atoms with Crippen LogP contribution in [0.15, 0.2) is 85.2 Å². The van der Waals surface area contributed by atoms with E-state index in [1.54, 1.807) is 6.20 Å². The fraction of sp³-hybridized carbons (Fsp3) is 0.0833. The standard InChI is InChI=1S/C24H18FN3/c25-20-10-8-19(9-11-20)24(18-6-2-1-3-7-18)13-12-21-22(15-24)27-28-23(21)17-5-4-14-26-16-17/h1-14,16H,15H2,(H,27,28). The molecule has 2 heterocycles. The van der Waals surface area contributed by atoms with Crippen molar-refractivity contribution in [1.82, 2.24) is 15.2 Å². The third kappa shape index (κ3) is 2.65. The van der Waals surface area contributed by atoms with E-state index in [9.17, 15) is 4.39 Å². The zero-order chi connectivity index (χ0) is 19.0. The van der Waals surface area contributed by atoms with Crippen LogP contribution in [0.5, 0.6) is 0 Å². The number of nitrogens with zero attached hydrogens (tertiary/aromatic N) is 2. The van der Waals surface area contributed by atoms with Gasteiger partial charge in [0, 0.05) is 41.1 Å². The van der Waals surface area contributed by atoms with Gasteiger partial charge in [-0.05, 0) is 35.4 Å². The zero-order valence-corrected chi connectivity index (χ0v) is 15.1. The average Bonchev–Trinajstić information content (AvgIpc) is 3.18. The Hall–Kier alpha value is -3.53. The molecule has 0 aliphatic heterocycles. The molecule has 4 heteroatoms. The Labute approximate surface area is 162 Å². The first kappa shape index (κ1) is 16.6. The van der Waals surface area contributed by atoms with Gasteiger partial charge in [0.05, 0.1) is 0 Å². The molecular weight excluding hydrogens is 349 g/mol. The van der Waals surface area contributed by atoms with Crippen molar-refractivity contribution >= 4 is 6.08 Å². The number of hydrogen-bond donors (Lipinski definition) is 1. The maximum Gasteiger partial charge on any atom is 0.123 e. The molecule has 0 spiro atoms. The normalized spacial score (nSPS) is 18.0. The lowest BCUT2D eigenvalue weighted by molar-refractivity contribution is 0.606. The first-order valence-electron chi connectivity index (χ1n) is 9.25. The third-order valence-electron chi connectivity index (χ3n) is 5.46. The molecule has 1 aliphatic carbocycles. The second-order valence-corrected chi connectivity index (χ2v) is 7.06. The third-order valence-corrected chi connectivity index (χ3v) is 5.46. The van der Waals surface area contributed by atoms with Crippen LogP contribution >= 0.6 is 0 Å². The first-order chi connectivity index (χ1) is 13.8. The van der Waals surface area contributed by atoms with E-state index in [0.717, 1.165) is 34.5 Å². The van der Waals surface area contributed by atoms with E-state index in [1.807, 2.05) is 48.7 Å². The summed E-state index contributed by atoms with van der Waals surface area (Å²) in [6.45, 7) is 0. The van der Waals surface area contributed by atoms with E-state index < -0.39 is 0 Å². The number of fused-ring (bicyclic) bond motifs is 1. The van der Waals surface area contributed by atoms with Crippen LogP contribution in [-0.2, 0) is 11.8 Å². The van der Waals surface area contributed by atoms with Crippen molar-refractivity contribution in [3.63, 3.8) is 0 Å². The summed E-state index contributed by atoms with van der Waals surface area (Å²) in [5.41, 5.74) is 5.89. The zero-order valence-electron chi connectivity index (χ0n) is 15.1. The molecule has 0 saturated heterocycles. The lowest BCUT2D eigenvalue weighted by Crippen LogP contribution is -2.30. The maximum absolute atomic E-state index is 13.6. The van der Waals surface area contributed by atoms with Crippen molar-refractivity contribution in [2.75, 3.05) is 0 Å². The Morgan fingerprint density at radius 3 is 2.43 bits per heavy atom. The van der Waals surface area contributed by atoms with E-state index in [-0.39, 0.29) is 11.2 Å². The molecule has 0 saturated carbocycles. The van der Waals surface area contributed by atoms with Gasteiger partial charge in [0.2, 0.25) is 0 Å². The summed E-state index contributed by atoms with van der Waals surface area (Å²) in [7, 11) is 0. The summed E-state index contributed by atoms with van der Waals surface area (Å²) >= 11 is 0. The molecule has 0 radical (unpaired) electrons. The number of halogens is 1. The Balaban J connectivity index is 1.65. The minimum Gasteiger partial charge on any atom is -0.281 e. The van der Waals surface area contributed by atoms with E-state index in [4.69, 9.17) is 0 Å². The van der Waals surface area contributed by atoms with Crippen molar-refractivity contribution in [3.8, 4) is 11.3 Å². The molecule has 28 heavy (non-hydrogen) atoms. The number of nitrogens with one attached hydrogen (secondary N) is 1. The molecule has 136 valence electrons. The Morgan fingerprint density at radius 2 is 1.68 bits per heavy atom. The van der Waals surface area contributed by atoms with Crippen LogP contribution in [0.2, 0.25) is 0 Å². The highest BCUT2D eigenvalue weighted by atomic mass is 19.1. The molecule has 1 N–H and O–H groups in total. The number of H-pyrrole nitrogens is 1. The highest BCUT2D eigenvalue weighted by molar-refractivity contribution is 5.76. The summed E-state index contributed by atoms with van der Waals surface area (Å²) < 4.78 is 13.6. The molecule has 1 aliphatic rings. The lowest BCUT2D eigenvalue weighted by atomic mass is 9.68. The summed E-state index contributed by atoms with van der Waals surface area (Å²) in [4.78, 5) is 4.21. The molecule has 0 bridgehead atoms. The van der Waals surface area contributed by atoms with Crippen LogP contribution in [0.1, 0.15) is 22.4 Å². The second-order valence-electron chi connectivity index (χ2n) is 7.06. The van der Waals surface area contributed by atoms with Gasteiger partial charge in [0.15, 0.2) is 0 Å². The molecule has 0 amide bonds. The van der Waals surface area contributed by atoms with Gasteiger partial charge in [0.1, 0.15) is 11.5 Å². The topological polar surface area (TPSA) is 41.6 Å². The predicted molar refractivity (Wildman–Crippen MR) is 108 cm³/mol. The molecular formula is C24H18FN3. The van der Waals surface area contributed by atoms with Crippen molar-refractivity contribution < 1.29 is 4.39 Å². The van der Waals surface area contributed by atoms with Gasteiger partial charge in [-0.15, -0.1) is 0 Å². The molecule has 2 aromatic carbocycles. The van der Waals surface area contributed by atoms with E-state index in [1.165, 1.54) is 17.7 Å². The molecule has 4 aromatic rings. The number of allylic oxidation sites excluding steroid dienone is 1. The van der Waals surface area contributed by atoms with Gasteiger partial charge in [-0.25, -0.2) is 4.39 Å². The Kier molecular flexibility index (Phi) is 3.90. The number of benzene rings is 2. The van der Waals surface area contributed by atoms with Crippen molar-refractivity contribution in [2.45, 2.75) is 11.8 Å². The lowest BCUT2D eigenvalue weighted by Gasteiger charge is -2.34. The highest BCUT2D eigenvalue weighted by Crippen LogP contribution is 2.42. The minimum absolute atomic E-state index is 0.229. The molecule has 3 nitrogen and oxygen atoms in total. The fourth-order valence-electron chi connectivity index (χ4n) is 4.03. The van der Waals surface area contributed by atoms with Gasteiger partial charge in [-0.2, -0.15) is 5.10 Å².